The number of fused-ring (bicyclic) bond motifs is 1. The Morgan fingerprint density at radius 3 is 2.67 bits per heavy atom. The van der Waals surface area contributed by atoms with Gasteiger partial charge in [-0.2, -0.15) is 0 Å². The number of thiocarbonyl (C=S) groups is 1. The molecule has 0 saturated heterocycles. The average molecular weight is 350 g/mol. The Hall–Kier alpha value is -2.61. The third kappa shape index (κ3) is 3.48. The van der Waals surface area contributed by atoms with Gasteiger partial charge in [0.1, 0.15) is 0 Å². The molecule has 0 fully saturated rings. The molecule has 3 aromatic rings. The predicted octanol–water partition coefficient (Wildman–Crippen LogP) is 3.51. The molecule has 0 aliphatic rings. The van der Waals surface area contributed by atoms with Crippen LogP contribution in [0.4, 0.5) is 19.1 Å². The van der Waals surface area contributed by atoms with Crippen molar-refractivity contribution < 1.29 is 13.2 Å². The average Bonchev–Trinajstić information content (AvgIpc) is 2.97. The van der Waals surface area contributed by atoms with Gasteiger partial charge < -0.3 is 15.6 Å². The first-order valence-corrected chi connectivity index (χ1v) is 7.57. The van der Waals surface area contributed by atoms with Crippen LogP contribution >= 0.6 is 12.2 Å². The van der Waals surface area contributed by atoms with E-state index in [4.69, 9.17) is 12.2 Å². The fourth-order valence-corrected chi connectivity index (χ4v) is 2.43. The molecule has 0 aliphatic heterocycles. The van der Waals surface area contributed by atoms with Crippen LogP contribution in [0.25, 0.3) is 11.0 Å². The number of imidazole rings is 1. The highest BCUT2D eigenvalue weighted by Crippen LogP contribution is 2.15. The van der Waals surface area contributed by atoms with Gasteiger partial charge in [-0.3, -0.25) is 0 Å². The normalized spacial score (nSPS) is 10.8. The third-order valence-corrected chi connectivity index (χ3v) is 3.66. The van der Waals surface area contributed by atoms with Gasteiger partial charge in [0, 0.05) is 6.54 Å². The van der Waals surface area contributed by atoms with Crippen molar-refractivity contribution in [3.63, 3.8) is 0 Å². The first kappa shape index (κ1) is 16.3. The van der Waals surface area contributed by atoms with Crippen molar-refractivity contribution in [1.82, 2.24) is 15.3 Å². The number of para-hydroxylation sites is 2. The molecule has 8 heteroatoms. The summed E-state index contributed by atoms with van der Waals surface area (Å²) in [6, 6.07) is 9.62. The van der Waals surface area contributed by atoms with E-state index in [1.165, 1.54) is 6.07 Å². The van der Waals surface area contributed by atoms with Crippen LogP contribution in [0.2, 0.25) is 0 Å². The second-order valence-corrected chi connectivity index (χ2v) is 5.48. The largest absolute Gasteiger partial charge is 0.362 e. The standard InChI is InChI=1S/C16H13F3N4S/c17-10-6-5-9(13(18)14(10)19)7-8-20-16(24)23-15-21-11-3-1-2-4-12(11)22-15/h1-6H,7-8H2,(H3,20,21,22,23,24). The second-order valence-electron chi connectivity index (χ2n) is 5.07. The predicted molar refractivity (Wildman–Crippen MR) is 90.3 cm³/mol. The van der Waals surface area contributed by atoms with E-state index < -0.39 is 17.5 Å². The van der Waals surface area contributed by atoms with Crippen LogP contribution in [0.3, 0.4) is 0 Å². The molecule has 0 amide bonds. The first-order chi connectivity index (χ1) is 11.5. The number of benzene rings is 2. The lowest BCUT2D eigenvalue weighted by Gasteiger charge is -2.09. The smallest absolute Gasteiger partial charge is 0.207 e. The minimum Gasteiger partial charge on any atom is -0.362 e. The van der Waals surface area contributed by atoms with Crippen molar-refractivity contribution in [2.45, 2.75) is 6.42 Å². The summed E-state index contributed by atoms with van der Waals surface area (Å²) in [6.07, 6.45) is 0.158. The summed E-state index contributed by atoms with van der Waals surface area (Å²) in [6.45, 7) is 0.258. The summed E-state index contributed by atoms with van der Waals surface area (Å²) in [5.74, 6) is -3.36. The molecule has 0 aliphatic carbocycles. The van der Waals surface area contributed by atoms with E-state index in [1.807, 2.05) is 24.3 Å². The first-order valence-electron chi connectivity index (χ1n) is 7.16. The van der Waals surface area contributed by atoms with E-state index in [9.17, 15) is 13.2 Å². The molecule has 3 N–H and O–H groups in total. The second kappa shape index (κ2) is 6.88. The SMILES string of the molecule is Fc1ccc(CCNC(=S)Nc2nc3ccccc3[nH]2)c(F)c1F. The lowest BCUT2D eigenvalue weighted by Crippen LogP contribution is -2.30. The van der Waals surface area contributed by atoms with Gasteiger partial charge in [0.05, 0.1) is 11.0 Å². The zero-order chi connectivity index (χ0) is 17.1. The van der Waals surface area contributed by atoms with Gasteiger partial charge in [0.15, 0.2) is 22.6 Å². The molecule has 24 heavy (non-hydrogen) atoms. The van der Waals surface area contributed by atoms with Crippen LogP contribution in [0.1, 0.15) is 5.56 Å². The van der Waals surface area contributed by atoms with Gasteiger partial charge >= 0.3 is 0 Å². The zero-order valence-corrected chi connectivity index (χ0v) is 13.2. The van der Waals surface area contributed by atoms with Crippen molar-refractivity contribution >= 4 is 34.3 Å². The molecule has 124 valence electrons. The molecule has 3 rings (SSSR count). The lowest BCUT2D eigenvalue weighted by atomic mass is 10.1. The fourth-order valence-electron chi connectivity index (χ4n) is 2.23. The van der Waals surface area contributed by atoms with Crippen LogP contribution in [-0.2, 0) is 6.42 Å². The summed E-state index contributed by atoms with van der Waals surface area (Å²) in [7, 11) is 0. The molecular weight excluding hydrogens is 337 g/mol. The van der Waals surface area contributed by atoms with Crippen LogP contribution in [0.15, 0.2) is 36.4 Å². The number of aromatic nitrogens is 2. The summed E-state index contributed by atoms with van der Waals surface area (Å²) >= 11 is 5.13. The number of halogens is 3. The van der Waals surface area contributed by atoms with Crippen molar-refractivity contribution in [3.05, 3.63) is 59.4 Å². The Morgan fingerprint density at radius 1 is 1.08 bits per heavy atom. The maximum absolute atomic E-state index is 13.5. The van der Waals surface area contributed by atoms with Gasteiger partial charge in [-0.1, -0.05) is 18.2 Å². The highest BCUT2D eigenvalue weighted by Gasteiger charge is 2.13. The van der Waals surface area contributed by atoms with Crippen LogP contribution in [0.5, 0.6) is 0 Å². The van der Waals surface area contributed by atoms with E-state index in [1.54, 1.807) is 0 Å². The summed E-state index contributed by atoms with van der Waals surface area (Å²) < 4.78 is 39.6. The van der Waals surface area contributed by atoms with E-state index in [0.717, 1.165) is 17.1 Å². The van der Waals surface area contributed by atoms with E-state index in [-0.39, 0.29) is 23.6 Å². The molecule has 4 nitrogen and oxygen atoms in total. The lowest BCUT2D eigenvalue weighted by molar-refractivity contribution is 0.441. The van der Waals surface area contributed by atoms with Crippen molar-refractivity contribution in [2.75, 3.05) is 11.9 Å². The van der Waals surface area contributed by atoms with Crippen molar-refractivity contribution in [1.29, 1.82) is 0 Å². The number of nitrogens with zero attached hydrogens (tertiary/aromatic N) is 1. The topological polar surface area (TPSA) is 52.7 Å². The molecule has 0 bridgehead atoms. The third-order valence-electron chi connectivity index (χ3n) is 3.42. The number of hydrogen-bond donors (Lipinski definition) is 3. The van der Waals surface area contributed by atoms with Crippen LogP contribution in [0, 0.1) is 17.5 Å². The van der Waals surface area contributed by atoms with E-state index in [0.29, 0.717) is 5.95 Å². The summed E-state index contributed by atoms with van der Waals surface area (Å²) in [4.78, 5) is 7.37. The van der Waals surface area contributed by atoms with E-state index in [2.05, 4.69) is 20.6 Å². The summed E-state index contributed by atoms with van der Waals surface area (Å²) in [5.41, 5.74) is 1.74. The molecule has 0 spiro atoms. The highest BCUT2D eigenvalue weighted by atomic mass is 32.1. The fraction of sp³-hybridized carbons (Fsp3) is 0.125. The number of anilines is 1. The number of nitrogens with one attached hydrogen (secondary N) is 3. The molecular formula is C16H13F3N4S. The molecule has 2 aromatic carbocycles. The molecule has 0 atom stereocenters. The summed E-state index contributed by atoms with van der Waals surface area (Å²) in [5, 5.41) is 6.03. The zero-order valence-electron chi connectivity index (χ0n) is 12.4. The van der Waals surface area contributed by atoms with Crippen LogP contribution < -0.4 is 10.6 Å². The van der Waals surface area contributed by atoms with Gasteiger partial charge in [0.25, 0.3) is 0 Å². The van der Waals surface area contributed by atoms with Gasteiger partial charge in [-0.25, -0.2) is 18.2 Å². The van der Waals surface area contributed by atoms with Crippen molar-refractivity contribution in [2.24, 2.45) is 0 Å². The van der Waals surface area contributed by atoms with Crippen LogP contribution in [-0.4, -0.2) is 21.6 Å². The molecule has 1 aromatic heterocycles. The van der Waals surface area contributed by atoms with Gasteiger partial charge in [-0.05, 0) is 42.4 Å². The maximum atomic E-state index is 13.5. The molecule has 0 saturated carbocycles. The molecule has 0 unspecified atom stereocenters. The Labute approximate surface area is 141 Å². The number of aromatic amines is 1. The molecule has 0 radical (unpaired) electrons. The highest BCUT2D eigenvalue weighted by molar-refractivity contribution is 7.80. The Bertz CT molecular complexity index is 861. The Morgan fingerprint density at radius 2 is 1.88 bits per heavy atom. The number of hydrogen-bond acceptors (Lipinski definition) is 2. The monoisotopic (exact) mass is 350 g/mol. The molecule has 1 heterocycles. The van der Waals surface area contributed by atoms with Crippen molar-refractivity contribution in [3.8, 4) is 0 Å². The maximum Gasteiger partial charge on any atom is 0.207 e. The van der Waals surface area contributed by atoms with Gasteiger partial charge in [0.2, 0.25) is 5.95 Å². The Kier molecular flexibility index (Phi) is 4.66. The minimum atomic E-state index is -1.46. The van der Waals surface area contributed by atoms with E-state index >= 15 is 0 Å². The Balaban J connectivity index is 1.55. The van der Waals surface area contributed by atoms with Gasteiger partial charge in [-0.15, -0.1) is 0 Å². The number of rotatable bonds is 4. The quantitative estimate of drug-likeness (QED) is 0.498. The minimum absolute atomic E-state index is 0.0768. The number of H-pyrrole nitrogens is 1.